The Bertz CT molecular complexity index is 1670. The van der Waals surface area contributed by atoms with Crippen LogP contribution in [0.5, 0.6) is 5.75 Å². The average molecular weight is 547 g/mol. The van der Waals surface area contributed by atoms with Gasteiger partial charge in [-0.25, -0.2) is 9.97 Å². The normalized spacial score (nSPS) is 14.0. The van der Waals surface area contributed by atoms with E-state index in [1.165, 1.54) is 11.1 Å². The van der Waals surface area contributed by atoms with Crippen LogP contribution < -0.4 is 4.74 Å². The molecule has 5 aromatic rings. The summed E-state index contributed by atoms with van der Waals surface area (Å²) in [5, 5.41) is 1.01. The van der Waals surface area contributed by atoms with Crippen LogP contribution in [0.4, 0.5) is 0 Å². The van der Waals surface area contributed by atoms with E-state index in [-0.39, 0.29) is 5.91 Å². The number of piperazine rings is 1. The quantitative estimate of drug-likeness (QED) is 0.290. The zero-order chi connectivity index (χ0) is 28.2. The third-order valence-corrected chi connectivity index (χ3v) is 7.66. The van der Waals surface area contributed by atoms with E-state index in [9.17, 15) is 4.79 Å². The molecule has 0 atom stereocenters. The number of nitrogens with zero attached hydrogens (tertiary/aromatic N) is 5. The predicted molar refractivity (Wildman–Crippen MR) is 160 cm³/mol. The lowest BCUT2D eigenvalue weighted by Gasteiger charge is -2.32. The molecule has 0 radical (unpaired) electrons. The molecule has 1 amide bonds. The van der Waals surface area contributed by atoms with Crippen LogP contribution in [0.2, 0.25) is 0 Å². The summed E-state index contributed by atoms with van der Waals surface area (Å²) in [6.45, 7) is 5.96. The van der Waals surface area contributed by atoms with Gasteiger partial charge in [-0.05, 0) is 60.5 Å². The van der Waals surface area contributed by atoms with Crippen LogP contribution in [0, 0.1) is 0 Å². The van der Waals surface area contributed by atoms with Gasteiger partial charge < -0.3 is 19.5 Å². The molecule has 1 aliphatic heterocycles. The monoisotopic (exact) mass is 546 g/mol. The molecule has 208 valence electrons. The topological polar surface area (TPSA) is 87.2 Å². The van der Waals surface area contributed by atoms with Gasteiger partial charge in [0, 0.05) is 62.0 Å². The Kier molecular flexibility index (Phi) is 7.73. The van der Waals surface area contributed by atoms with Gasteiger partial charge in [-0.3, -0.25) is 9.78 Å². The number of carbonyl (C=O) groups is 1. The lowest BCUT2D eigenvalue weighted by atomic mass is 10.1. The summed E-state index contributed by atoms with van der Waals surface area (Å²) < 4.78 is 6.11. The van der Waals surface area contributed by atoms with Gasteiger partial charge in [-0.2, -0.15) is 0 Å². The van der Waals surface area contributed by atoms with E-state index in [1.54, 1.807) is 12.4 Å². The molecule has 4 heterocycles. The van der Waals surface area contributed by atoms with Gasteiger partial charge in [0.25, 0.3) is 5.91 Å². The second-order valence-corrected chi connectivity index (χ2v) is 10.5. The Morgan fingerprint density at radius 2 is 1.71 bits per heavy atom. The zero-order valence-corrected chi connectivity index (χ0v) is 23.5. The van der Waals surface area contributed by atoms with Crippen molar-refractivity contribution in [3.05, 3.63) is 107 Å². The number of pyridine rings is 1. The maximum atomic E-state index is 13.0. The zero-order valence-electron chi connectivity index (χ0n) is 23.5. The van der Waals surface area contributed by atoms with Crippen LogP contribution in [0.25, 0.3) is 22.3 Å². The number of aryl methyl sites for hydroxylation is 1. The molecule has 0 saturated carbocycles. The molecule has 0 spiro atoms. The number of aromatic amines is 1. The SMILES string of the molecule is CCc1ccccc1COc1ccnc(-c2ccnc(Cc3ccc4[nH]c(C(=O)N5CCN(C)CC5)cc4c3)n2)c1. The molecular weight excluding hydrogens is 512 g/mol. The molecular formula is C33H34N6O2. The van der Waals surface area contributed by atoms with E-state index in [4.69, 9.17) is 9.72 Å². The van der Waals surface area contributed by atoms with E-state index >= 15 is 0 Å². The van der Waals surface area contributed by atoms with Crippen LogP contribution in [-0.4, -0.2) is 68.9 Å². The highest BCUT2D eigenvalue weighted by Gasteiger charge is 2.21. The Labute approximate surface area is 240 Å². The van der Waals surface area contributed by atoms with Crippen LogP contribution in [-0.2, 0) is 19.4 Å². The van der Waals surface area contributed by atoms with Crippen molar-refractivity contribution in [2.24, 2.45) is 0 Å². The minimum Gasteiger partial charge on any atom is -0.489 e. The molecule has 8 heteroatoms. The minimum atomic E-state index is 0.0557. The number of ether oxygens (including phenoxy) is 1. The fourth-order valence-corrected chi connectivity index (χ4v) is 5.24. The van der Waals surface area contributed by atoms with E-state index in [0.717, 1.165) is 66.2 Å². The van der Waals surface area contributed by atoms with Crippen molar-refractivity contribution in [1.29, 1.82) is 0 Å². The summed E-state index contributed by atoms with van der Waals surface area (Å²) in [6, 6.07) is 22.1. The molecule has 1 N–H and O–H groups in total. The first-order valence-electron chi connectivity index (χ1n) is 14.1. The molecule has 41 heavy (non-hydrogen) atoms. The third-order valence-electron chi connectivity index (χ3n) is 7.66. The number of likely N-dealkylation sites (N-methyl/N-ethyl adjacent to an activating group) is 1. The highest BCUT2D eigenvalue weighted by Crippen LogP contribution is 2.23. The summed E-state index contributed by atoms with van der Waals surface area (Å²) in [7, 11) is 2.09. The van der Waals surface area contributed by atoms with Crippen molar-refractivity contribution in [3.8, 4) is 17.1 Å². The Balaban J connectivity index is 1.15. The molecule has 0 aliphatic carbocycles. The second kappa shape index (κ2) is 11.9. The van der Waals surface area contributed by atoms with Crippen LogP contribution in [0.15, 0.2) is 79.1 Å². The molecule has 1 saturated heterocycles. The lowest BCUT2D eigenvalue weighted by molar-refractivity contribution is 0.0659. The molecule has 1 fully saturated rings. The largest absolute Gasteiger partial charge is 0.489 e. The number of rotatable bonds is 8. The Hall–Kier alpha value is -4.56. The van der Waals surface area contributed by atoms with Crippen molar-refractivity contribution < 1.29 is 9.53 Å². The number of H-pyrrole nitrogens is 1. The Morgan fingerprint density at radius 1 is 0.902 bits per heavy atom. The molecule has 6 rings (SSSR count). The first-order chi connectivity index (χ1) is 20.1. The van der Waals surface area contributed by atoms with Crippen LogP contribution >= 0.6 is 0 Å². The van der Waals surface area contributed by atoms with Crippen molar-refractivity contribution in [1.82, 2.24) is 29.7 Å². The molecule has 3 aromatic heterocycles. The first kappa shape index (κ1) is 26.7. The third kappa shape index (κ3) is 6.12. The van der Waals surface area contributed by atoms with E-state index in [1.807, 2.05) is 41.3 Å². The number of benzene rings is 2. The highest BCUT2D eigenvalue weighted by atomic mass is 16.5. The molecule has 0 unspecified atom stereocenters. The number of amides is 1. The smallest absolute Gasteiger partial charge is 0.270 e. The van der Waals surface area contributed by atoms with E-state index < -0.39 is 0 Å². The van der Waals surface area contributed by atoms with Gasteiger partial charge in [0.05, 0.1) is 11.4 Å². The number of carbonyl (C=O) groups excluding carboxylic acids is 1. The number of hydrogen-bond donors (Lipinski definition) is 1. The average Bonchev–Trinajstić information content (AvgIpc) is 3.44. The van der Waals surface area contributed by atoms with Gasteiger partial charge in [0.2, 0.25) is 0 Å². The summed E-state index contributed by atoms with van der Waals surface area (Å²) in [4.78, 5) is 34.4. The summed E-state index contributed by atoms with van der Waals surface area (Å²) in [5.74, 6) is 1.51. The number of nitrogens with one attached hydrogen (secondary N) is 1. The van der Waals surface area contributed by atoms with Crippen LogP contribution in [0.3, 0.4) is 0 Å². The second-order valence-electron chi connectivity index (χ2n) is 10.5. The fourth-order valence-electron chi connectivity index (χ4n) is 5.24. The van der Waals surface area contributed by atoms with E-state index in [2.05, 4.69) is 64.2 Å². The van der Waals surface area contributed by atoms with Gasteiger partial charge in [0.15, 0.2) is 0 Å². The number of fused-ring (bicyclic) bond motifs is 1. The lowest BCUT2D eigenvalue weighted by Crippen LogP contribution is -2.47. The van der Waals surface area contributed by atoms with Crippen molar-refractivity contribution >= 4 is 16.8 Å². The standard InChI is InChI=1S/C33H34N6O2/c1-3-24-6-4-5-7-25(24)22-41-27-10-12-34-30(21-27)29-11-13-35-32(37-29)19-23-8-9-28-26(18-23)20-31(36-28)33(40)39-16-14-38(2)15-17-39/h4-13,18,20-21,36H,3,14-17,19,22H2,1-2H3. The molecule has 0 bridgehead atoms. The maximum absolute atomic E-state index is 13.0. The van der Waals surface area contributed by atoms with Gasteiger partial charge in [-0.1, -0.05) is 37.3 Å². The van der Waals surface area contributed by atoms with Gasteiger partial charge in [0.1, 0.15) is 23.9 Å². The molecule has 8 nitrogen and oxygen atoms in total. The van der Waals surface area contributed by atoms with Crippen LogP contribution in [0.1, 0.15) is 39.9 Å². The Morgan fingerprint density at radius 3 is 2.54 bits per heavy atom. The summed E-state index contributed by atoms with van der Waals surface area (Å²) >= 11 is 0. The molecule has 1 aliphatic rings. The summed E-state index contributed by atoms with van der Waals surface area (Å²) in [5.41, 5.74) is 6.62. The highest BCUT2D eigenvalue weighted by molar-refractivity contribution is 5.98. The summed E-state index contributed by atoms with van der Waals surface area (Å²) in [6.07, 6.45) is 5.06. The number of hydrogen-bond acceptors (Lipinski definition) is 6. The first-order valence-corrected chi connectivity index (χ1v) is 14.1. The minimum absolute atomic E-state index is 0.0557. The van der Waals surface area contributed by atoms with E-state index in [0.29, 0.717) is 24.5 Å². The van der Waals surface area contributed by atoms with Gasteiger partial charge in [-0.15, -0.1) is 0 Å². The van der Waals surface area contributed by atoms with Crippen molar-refractivity contribution in [2.75, 3.05) is 33.2 Å². The molecule has 2 aromatic carbocycles. The fraction of sp³-hybridized carbons (Fsp3) is 0.273. The van der Waals surface area contributed by atoms with Crippen molar-refractivity contribution in [2.45, 2.75) is 26.4 Å². The number of aromatic nitrogens is 4. The van der Waals surface area contributed by atoms with Crippen molar-refractivity contribution in [3.63, 3.8) is 0 Å². The predicted octanol–water partition coefficient (Wildman–Crippen LogP) is 5.14. The van der Waals surface area contributed by atoms with Gasteiger partial charge >= 0.3 is 0 Å². The maximum Gasteiger partial charge on any atom is 0.270 e.